The second-order valence-corrected chi connectivity index (χ2v) is 18.4. The minimum absolute atomic E-state index is 0.00685. The number of methoxy groups -OCH3 is 1. The average Bonchev–Trinajstić information content (AvgIpc) is 3.57. The summed E-state index contributed by atoms with van der Waals surface area (Å²) < 4.78 is 36.5. The Morgan fingerprint density at radius 2 is 1.70 bits per heavy atom. The number of phenolic OH excluding ortho intramolecular Hbond substituents is 1. The maximum absolute atomic E-state index is 14.8. The van der Waals surface area contributed by atoms with E-state index in [1.807, 2.05) is 0 Å². The molecule has 9 atom stereocenters. The number of carbonyl (C=O) groups is 3. The number of carbonyl (C=O) groups excluding carboxylic acids is 3. The Kier molecular flexibility index (Phi) is 14.5. The molecule has 1 amide bonds. The van der Waals surface area contributed by atoms with E-state index >= 15 is 0 Å². The van der Waals surface area contributed by atoms with E-state index in [0.717, 1.165) is 32.7 Å². The standard InChI is InChI=1S/C50H62N4O13/c1-25-12-11-13-26(2)49(61)52-40-44(59)37-36(39-47(40)66-35-24-32(14-15-33(35)51-39)63-23-21-54-19-17-53(9)18-20-54)38-46(30(6)43(37)58)67-50(8,48(38)60)64-22-16-34(62-10)27(3)45(65-31(7)55)29(5)42(57)28(4)41(25)56/h11-16,22,24-25,27-29,34,41-42,45,56-57,59H,17-21,23H2,1-10H3,(H,52,61)/b12-11+,22-16+,26-13-/t25-,27+,28+,29+,34-,41-,42+,45+,50-/m0/s1. The van der Waals surface area contributed by atoms with Crippen molar-refractivity contribution >= 4 is 56.3 Å². The third-order valence-corrected chi connectivity index (χ3v) is 13.6. The third kappa shape index (κ3) is 9.65. The van der Waals surface area contributed by atoms with Gasteiger partial charge < -0.3 is 53.6 Å². The van der Waals surface area contributed by atoms with Crippen LogP contribution in [0.5, 0.6) is 17.2 Å². The van der Waals surface area contributed by atoms with Crippen molar-refractivity contribution in [1.29, 1.82) is 0 Å². The molecule has 7 rings (SSSR count). The van der Waals surface area contributed by atoms with E-state index in [1.54, 1.807) is 65.0 Å². The van der Waals surface area contributed by atoms with Gasteiger partial charge in [0.05, 0.1) is 35.5 Å². The predicted octanol–water partition coefficient (Wildman–Crippen LogP) is 5.62. The molecule has 0 spiro atoms. The molecule has 0 unspecified atom stereocenters. The number of hydrogen-bond donors (Lipinski definition) is 4. The van der Waals surface area contributed by atoms with Crippen molar-refractivity contribution in [3.05, 3.63) is 75.7 Å². The van der Waals surface area contributed by atoms with E-state index < -0.39 is 82.7 Å². The molecule has 4 N–H and O–H groups in total. The van der Waals surface area contributed by atoms with E-state index in [2.05, 4.69) is 22.2 Å². The van der Waals surface area contributed by atoms with Gasteiger partial charge in [-0.1, -0.05) is 45.9 Å². The van der Waals surface area contributed by atoms with E-state index in [9.17, 15) is 34.5 Å². The molecule has 4 heterocycles. The van der Waals surface area contributed by atoms with Crippen LogP contribution in [0, 0.1) is 30.6 Å². The summed E-state index contributed by atoms with van der Waals surface area (Å²) in [6.07, 6.45) is 3.63. The number of hydrogen-bond acceptors (Lipinski definition) is 16. The number of piperazine rings is 1. The number of ketones is 1. The van der Waals surface area contributed by atoms with Gasteiger partial charge in [-0.2, -0.15) is 0 Å². The molecule has 0 aliphatic carbocycles. The van der Waals surface area contributed by atoms with Crippen LogP contribution in [-0.4, -0.2) is 131 Å². The lowest BCUT2D eigenvalue weighted by atomic mass is 9.78. The number of aromatic hydroxyl groups is 1. The van der Waals surface area contributed by atoms with Crippen LogP contribution in [0.2, 0.25) is 0 Å². The molecular formula is C50H62N4O13. The molecule has 17 nitrogen and oxygen atoms in total. The topological polar surface area (TPSA) is 220 Å². The second-order valence-electron chi connectivity index (χ2n) is 18.4. The van der Waals surface area contributed by atoms with E-state index in [0.29, 0.717) is 17.9 Å². The van der Waals surface area contributed by atoms with E-state index in [1.165, 1.54) is 46.3 Å². The highest BCUT2D eigenvalue weighted by Crippen LogP contribution is 2.48. The lowest BCUT2D eigenvalue weighted by molar-refractivity contribution is -0.160. The van der Waals surface area contributed by atoms with Crippen LogP contribution in [0.25, 0.3) is 33.0 Å². The molecule has 0 saturated carbocycles. The first-order chi connectivity index (χ1) is 31.8. The number of aliphatic hydroxyl groups excluding tert-OH is 2. The minimum atomic E-state index is -2.05. The first kappa shape index (κ1) is 49.1. The zero-order chi connectivity index (χ0) is 48.6. The SMILES string of the molecule is CO[C@H]1/C=C/O[C@@]2(C)Oc3c(C)c(=O)c4c(O)c(c5oc6cc(OCCN7CCN(C)CC7)ccc6nc5c4c3C2=O)NC(=O)/C(C)=C\C=C\[C@H](C)[C@H](O)[C@@H](C)[C@@H](O)[C@@H](C)[C@H](OC(C)=O)[C@@H]1C. The molecular weight excluding hydrogens is 865 g/mol. The molecule has 67 heavy (non-hydrogen) atoms. The molecule has 3 aliphatic heterocycles. The van der Waals surface area contributed by atoms with Crippen molar-refractivity contribution < 1.29 is 57.8 Å². The summed E-state index contributed by atoms with van der Waals surface area (Å²) in [4.78, 5) is 65.1. The van der Waals surface area contributed by atoms with E-state index in [-0.39, 0.29) is 55.6 Å². The Hall–Kier alpha value is -5.85. The molecule has 4 bridgehead atoms. The number of nitrogens with zero attached hydrogens (tertiary/aromatic N) is 3. The summed E-state index contributed by atoms with van der Waals surface area (Å²) in [5, 5.41) is 37.5. The summed E-state index contributed by atoms with van der Waals surface area (Å²) in [5.74, 6) is -6.76. The summed E-state index contributed by atoms with van der Waals surface area (Å²) >= 11 is 0. The number of aliphatic hydroxyl groups is 2. The number of likely N-dealkylation sites (N-methyl/N-ethyl adjacent to an activating group) is 1. The highest BCUT2D eigenvalue weighted by Gasteiger charge is 2.49. The number of fused-ring (bicyclic) bond motifs is 2. The van der Waals surface area contributed by atoms with Crippen molar-refractivity contribution in [3.63, 3.8) is 0 Å². The Bertz CT molecular complexity index is 2720. The number of esters is 1. The van der Waals surface area contributed by atoms with Gasteiger partial charge in [0.25, 0.3) is 11.7 Å². The lowest BCUT2D eigenvalue weighted by Gasteiger charge is -2.38. The van der Waals surface area contributed by atoms with Crippen molar-refractivity contribution in [1.82, 2.24) is 14.8 Å². The maximum atomic E-state index is 14.8. The molecule has 17 heteroatoms. The van der Waals surface area contributed by atoms with Crippen molar-refractivity contribution in [2.24, 2.45) is 23.7 Å². The van der Waals surface area contributed by atoms with Crippen LogP contribution in [0.15, 0.2) is 63.6 Å². The number of nitrogens with one attached hydrogen (secondary N) is 1. The smallest absolute Gasteiger partial charge is 0.312 e. The summed E-state index contributed by atoms with van der Waals surface area (Å²) in [6, 6.07) is 5.07. The molecule has 3 aliphatic rings. The van der Waals surface area contributed by atoms with Crippen LogP contribution in [0.1, 0.15) is 64.4 Å². The largest absolute Gasteiger partial charge is 0.505 e. The fourth-order valence-corrected chi connectivity index (χ4v) is 9.24. The molecule has 0 radical (unpaired) electrons. The monoisotopic (exact) mass is 926 g/mol. The Balaban J connectivity index is 1.38. The number of aromatic nitrogens is 1. The third-order valence-electron chi connectivity index (χ3n) is 13.6. The van der Waals surface area contributed by atoms with Gasteiger partial charge in [-0.25, -0.2) is 4.98 Å². The van der Waals surface area contributed by atoms with Crippen LogP contribution in [0.3, 0.4) is 0 Å². The highest BCUT2D eigenvalue weighted by molar-refractivity contribution is 6.26. The van der Waals surface area contributed by atoms with Gasteiger partial charge in [0, 0.05) is 99.9 Å². The minimum Gasteiger partial charge on any atom is -0.505 e. The zero-order valence-corrected chi connectivity index (χ0v) is 39.7. The molecule has 1 aromatic heterocycles. The molecule has 4 aromatic rings. The number of amides is 1. The maximum Gasteiger partial charge on any atom is 0.312 e. The predicted molar refractivity (Wildman–Crippen MR) is 251 cm³/mol. The van der Waals surface area contributed by atoms with Crippen LogP contribution >= 0.6 is 0 Å². The normalized spacial score (nSPS) is 29.9. The number of anilines is 1. The van der Waals surface area contributed by atoms with Gasteiger partial charge in [-0.05, 0) is 39.1 Å². The number of benzene rings is 3. The zero-order valence-electron chi connectivity index (χ0n) is 39.7. The number of ether oxygens (including phenoxy) is 5. The Labute approximate surface area is 388 Å². The summed E-state index contributed by atoms with van der Waals surface area (Å²) in [5.41, 5.74) is -0.468. The molecule has 1 saturated heterocycles. The van der Waals surface area contributed by atoms with Crippen LogP contribution < -0.4 is 20.2 Å². The summed E-state index contributed by atoms with van der Waals surface area (Å²) in [6.45, 7) is 17.5. The van der Waals surface area contributed by atoms with Gasteiger partial charge in [0.15, 0.2) is 22.3 Å². The average molecular weight is 927 g/mol. The first-order valence-electron chi connectivity index (χ1n) is 22.7. The van der Waals surface area contributed by atoms with Gasteiger partial charge in [0.1, 0.15) is 40.9 Å². The number of phenols is 1. The molecule has 360 valence electrons. The molecule has 3 aromatic carbocycles. The van der Waals surface area contributed by atoms with Gasteiger partial charge >= 0.3 is 11.8 Å². The Morgan fingerprint density at radius 1 is 0.985 bits per heavy atom. The Morgan fingerprint density at radius 3 is 2.39 bits per heavy atom. The van der Waals surface area contributed by atoms with Crippen LogP contribution in [-0.2, 0) is 23.8 Å². The number of Topliss-reactive ketones (excluding diaryl/α,β-unsaturated/α-hetero) is 1. The first-order valence-corrected chi connectivity index (χ1v) is 22.7. The lowest BCUT2D eigenvalue weighted by Crippen LogP contribution is -2.46. The van der Waals surface area contributed by atoms with Crippen molar-refractivity contribution in [2.45, 2.75) is 85.6 Å². The van der Waals surface area contributed by atoms with Gasteiger partial charge in [-0.15, -0.1) is 0 Å². The molecule has 1 fully saturated rings. The van der Waals surface area contributed by atoms with Crippen LogP contribution in [0.4, 0.5) is 5.69 Å². The van der Waals surface area contributed by atoms with Gasteiger partial charge in [0.2, 0.25) is 0 Å². The van der Waals surface area contributed by atoms with Gasteiger partial charge in [-0.3, -0.25) is 24.1 Å². The quantitative estimate of drug-likeness (QED) is 0.0798. The number of rotatable bonds is 6. The number of allylic oxidation sites excluding steroid dienone is 2. The highest BCUT2D eigenvalue weighted by atomic mass is 16.7. The second kappa shape index (κ2) is 19.8. The van der Waals surface area contributed by atoms with Crippen molar-refractivity contribution in [2.75, 3.05) is 58.8 Å². The van der Waals surface area contributed by atoms with Crippen molar-refractivity contribution in [3.8, 4) is 17.2 Å². The fourth-order valence-electron chi connectivity index (χ4n) is 9.24. The van der Waals surface area contributed by atoms with E-state index in [4.69, 9.17) is 33.1 Å². The fraction of sp³-hybridized carbons (Fsp3) is 0.500. The summed E-state index contributed by atoms with van der Waals surface area (Å²) in [7, 11) is 3.54.